The Balaban J connectivity index is 1.37. The fraction of sp³-hybridized carbons (Fsp3) is 0.179. The van der Waals surface area contributed by atoms with Crippen LogP contribution < -0.4 is 4.74 Å². The van der Waals surface area contributed by atoms with Gasteiger partial charge in [0.2, 0.25) is 0 Å². The van der Waals surface area contributed by atoms with Gasteiger partial charge in [-0.25, -0.2) is 9.97 Å². The van der Waals surface area contributed by atoms with E-state index in [1.54, 1.807) is 7.11 Å². The van der Waals surface area contributed by atoms with E-state index in [9.17, 15) is 0 Å². The normalized spacial score (nSPS) is 13.9. The minimum absolute atomic E-state index is 0.685. The summed E-state index contributed by atoms with van der Waals surface area (Å²) in [5, 5.41) is 0. The Morgan fingerprint density at radius 1 is 0.739 bits per heavy atom. The van der Waals surface area contributed by atoms with Gasteiger partial charge in [0.15, 0.2) is 0 Å². The number of hydrogen-bond donors (Lipinski definition) is 2. The van der Waals surface area contributed by atoms with Crippen LogP contribution in [-0.2, 0) is 4.74 Å². The number of nitrogens with zero attached hydrogens (tertiary/aromatic N) is 3. The van der Waals surface area contributed by atoms with E-state index >= 15 is 0 Å². The molecule has 0 saturated heterocycles. The molecule has 230 valence electrons. The minimum atomic E-state index is 0.685. The third kappa shape index (κ3) is 6.36. The van der Waals surface area contributed by atoms with Crippen molar-refractivity contribution in [2.45, 2.75) is 12.8 Å². The quantitative estimate of drug-likeness (QED) is 0.170. The van der Waals surface area contributed by atoms with Gasteiger partial charge in [0.25, 0.3) is 0 Å². The number of fused-ring (bicyclic) bond motifs is 8. The second-order valence-corrected chi connectivity index (χ2v) is 11.8. The molecule has 4 aromatic rings. The van der Waals surface area contributed by atoms with E-state index in [0.717, 1.165) is 98.0 Å². The van der Waals surface area contributed by atoms with Crippen LogP contribution in [0.15, 0.2) is 90.7 Å². The third-order valence-corrected chi connectivity index (χ3v) is 8.18. The van der Waals surface area contributed by atoms with E-state index in [1.165, 1.54) is 0 Å². The van der Waals surface area contributed by atoms with Crippen molar-refractivity contribution in [1.29, 1.82) is 0 Å². The fourth-order valence-electron chi connectivity index (χ4n) is 5.90. The van der Waals surface area contributed by atoms with Gasteiger partial charge in [-0.15, -0.1) is 0 Å². The number of aromatic amines is 2. The van der Waals surface area contributed by atoms with Gasteiger partial charge in [0, 0.05) is 46.2 Å². The van der Waals surface area contributed by atoms with Crippen LogP contribution in [0.25, 0.3) is 63.1 Å². The summed E-state index contributed by atoms with van der Waals surface area (Å²) in [6.45, 7) is 1.68. The molecule has 0 radical (unpaired) electrons. The highest BCUT2D eigenvalue weighted by Crippen LogP contribution is 2.33. The van der Waals surface area contributed by atoms with Crippen molar-refractivity contribution in [3.05, 3.63) is 119 Å². The van der Waals surface area contributed by atoms with E-state index in [0.29, 0.717) is 6.61 Å². The van der Waals surface area contributed by atoms with Gasteiger partial charge >= 0.3 is 0 Å². The monoisotopic (exact) mass is 607 g/mol. The molecule has 46 heavy (non-hydrogen) atoms. The van der Waals surface area contributed by atoms with E-state index in [2.05, 4.69) is 120 Å². The summed E-state index contributed by atoms with van der Waals surface area (Å²) in [4.78, 5) is 19.6. The standard InChI is InChI=1S/C39H37N5O2/c1-44(2)22-5-23-46-33-16-9-27(10-17-33)39-36-20-13-30(42-36)24-28-11-18-34(40-28)38(26-6-4-7-32(45-3)15-8-26)35-19-12-29(41-35)25-31-14-21-37(39)43-31/h4,6,8-21,24-25,40,43H,5,7,22-23H2,1-3H3. The number of methoxy groups -OCH3 is 1. The Bertz CT molecular complexity index is 2090. The summed E-state index contributed by atoms with van der Waals surface area (Å²) < 4.78 is 11.5. The molecule has 2 N–H and O–H groups in total. The van der Waals surface area contributed by atoms with Crippen LogP contribution in [-0.4, -0.2) is 59.2 Å². The Labute approximate surface area is 269 Å². The van der Waals surface area contributed by atoms with E-state index in [-0.39, 0.29) is 0 Å². The zero-order valence-corrected chi connectivity index (χ0v) is 26.4. The number of H-pyrrole nitrogens is 2. The summed E-state index contributed by atoms with van der Waals surface area (Å²) >= 11 is 0. The van der Waals surface area contributed by atoms with E-state index < -0.39 is 0 Å². The number of nitrogens with one attached hydrogen (secondary N) is 2. The molecular formula is C39H37N5O2. The first kappa shape index (κ1) is 29.3. The van der Waals surface area contributed by atoms with Crippen molar-refractivity contribution in [3.63, 3.8) is 0 Å². The molecule has 1 aromatic carbocycles. The SMILES string of the molecule is COC1=CC=C(c2c3nc(cc4ccc([nH]4)c(-c4ccc(OCCCN(C)C)cc4)c4nc(cc5ccc2[nH]5)C=C4)C=C3)C=CC1. The van der Waals surface area contributed by atoms with E-state index in [4.69, 9.17) is 19.4 Å². The molecule has 3 aromatic heterocycles. The van der Waals surface area contributed by atoms with Crippen molar-refractivity contribution in [2.75, 3.05) is 34.4 Å². The average molecular weight is 608 g/mol. The van der Waals surface area contributed by atoms with E-state index in [1.807, 2.05) is 18.2 Å². The first-order valence-electron chi connectivity index (χ1n) is 15.6. The van der Waals surface area contributed by atoms with Crippen LogP contribution >= 0.6 is 0 Å². The molecule has 1 aliphatic carbocycles. The lowest BCUT2D eigenvalue weighted by molar-refractivity contribution is 0.281. The van der Waals surface area contributed by atoms with Crippen LogP contribution in [0.5, 0.6) is 5.75 Å². The van der Waals surface area contributed by atoms with Gasteiger partial charge in [-0.05, 0) is 111 Å². The molecule has 7 rings (SSSR count). The molecule has 0 unspecified atom stereocenters. The lowest BCUT2D eigenvalue weighted by atomic mass is 10.0. The molecule has 7 heteroatoms. The number of hydrogen-bond acceptors (Lipinski definition) is 5. The Morgan fingerprint density at radius 3 is 2.04 bits per heavy atom. The molecule has 5 heterocycles. The Hall–Kier alpha value is -5.40. The van der Waals surface area contributed by atoms with Gasteiger partial charge in [-0.3, -0.25) is 0 Å². The number of ether oxygens (including phenoxy) is 2. The van der Waals surface area contributed by atoms with Gasteiger partial charge < -0.3 is 24.3 Å². The lowest BCUT2D eigenvalue weighted by Crippen LogP contribution is -2.15. The molecule has 0 spiro atoms. The second-order valence-electron chi connectivity index (χ2n) is 11.8. The van der Waals surface area contributed by atoms with Crippen molar-refractivity contribution >= 4 is 51.9 Å². The van der Waals surface area contributed by atoms with Crippen molar-refractivity contribution in [2.24, 2.45) is 0 Å². The zero-order chi connectivity index (χ0) is 31.5. The smallest absolute Gasteiger partial charge is 0.119 e. The van der Waals surface area contributed by atoms with Gasteiger partial charge in [-0.1, -0.05) is 30.4 Å². The van der Waals surface area contributed by atoms with Gasteiger partial charge in [0.05, 0.1) is 42.3 Å². The van der Waals surface area contributed by atoms with Gasteiger partial charge in [-0.2, -0.15) is 0 Å². The van der Waals surface area contributed by atoms with Crippen LogP contribution in [0.1, 0.15) is 41.2 Å². The fourth-order valence-corrected chi connectivity index (χ4v) is 5.90. The molecule has 0 saturated carbocycles. The van der Waals surface area contributed by atoms with Crippen LogP contribution in [0.3, 0.4) is 0 Å². The van der Waals surface area contributed by atoms with Crippen LogP contribution in [0, 0.1) is 0 Å². The Kier molecular flexibility index (Phi) is 8.23. The third-order valence-electron chi connectivity index (χ3n) is 8.18. The first-order valence-corrected chi connectivity index (χ1v) is 15.6. The molecule has 2 aliphatic heterocycles. The highest BCUT2D eigenvalue weighted by Gasteiger charge is 2.14. The predicted molar refractivity (Wildman–Crippen MR) is 190 cm³/mol. The lowest BCUT2D eigenvalue weighted by Gasteiger charge is -2.11. The van der Waals surface area contributed by atoms with Crippen molar-refractivity contribution in [3.8, 4) is 16.9 Å². The number of rotatable bonds is 8. The summed E-state index contributed by atoms with van der Waals surface area (Å²) in [6.07, 6.45) is 18.4. The molecule has 0 fully saturated rings. The number of benzene rings is 1. The summed E-state index contributed by atoms with van der Waals surface area (Å²) in [7, 11) is 5.86. The Morgan fingerprint density at radius 2 is 1.39 bits per heavy atom. The highest BCUT2D eigenvalue weighted by molar-refractivity contribution is 5.93. The number of allylic oxidation sites excluding steroid dienone is 5. The van der Waals surface area contributed by atoms with Crippen molar-refractivity contribution in [1.82, 2.24) is 24.8 Å². The second kappa shape index (κ2) is 12.9. The topological polar surface area (TPSA) is 79.1 Å². The molecule has 8 bridgehead atoms. The first-order chi connectivity index (χ1) is 22.5. The average Bonchev–Trinajstić information content (AvgIpc) is 3.86. The van der Waals surface area contributed by atoms with Crippen LogP contribution in [0.2, 0.25) is 0 Å². The largest absolute Gasteiger partial charge is 0.501 e. The molecule has 0 amide bonds. The number of aromatic nitrogens is 4. The van der Waals surface area contributed by atoms with Gasteiger partial charge in [0.1, 0.15) is 5.75 Å². The summed E-state index contributed by atoms with van der Waals surface area (Å²) in [5.74, 6) is 1.78. The molecule has 7 nitrogen and oxygen atoms in total. The summed E-state index contributed by atoms with van der Waals surface area (Å²) in [5.41, 5.74) is 11.6. The van der Waals surface area contributed by atoms with Crippen LogP contribution in [0.4, 0.5) is 0 Å². The van der Waals surface area contributed by atoms with Crippen molar-refractivity contribution < 1.29 is 9.47 Å². The summed E-state index contributed by atoms with van der Waals surface area (Å²) in [6, 6.07) is 20.9. The maximum Gasteiger partial charge on any atom is 0.119 e. The molecular weight excluding hydrogens is 570 g/mol. The molecule has 0 atom stereocenters. The highest BCUT2D eigenvalue weighted by atomic mass is 16.5. The zero-order valence-electron chi connectivity index (χ0n) is 26.4. The maximum absolute atomic E-state index is 6.01. The minimum Gasteiger partial charge on any atom is -0.501 e. The maximum atomic E-state index is 6.01. The molecule has 3 aliphatic rings. The predicted octanol–water partition coefficient (Wildman–Crippen LogP) is 8.53.